The minimum Gasteiger partial charge on any atom is -0.352 e. The van der Waals surface area contributed by atoms with E-state index in [4.69, 9.17) is 0 Å². The normalized spacial score (nSPS) is 12.9. The van der Waals surface area contributed by atoms with Crippen molar-refractivity contribution in [3.8, 4) is 0 Å². The molecule has 21 heavy (non-hydrogen) atoms. The highest BCUT2D eigenvalue weighted by Gasteiger charge is 2.15. The van der Waals surface area contributed by atoms with Gasteiger partial charge in [-0.05, 0) is 32.3 Å². The fraction of sp³-hybridized carbons (Fsp3) is 0.533. The fourth-order valence-corrected chi connectivity index (χ4v) is 2.99. The molecule has 2 rings (SSSR count). The third-order valence-corrected chi connectivity index (χ3v) is 4.97. The Bertz CT molecular complexity index is 730. The first-order chi connectivity index (χ1) is 9.81. The van der Waals surface area contributed by atoms with Gasteiger partial charge in [0, 0.05) is 10.9 Å². The summed E-state index contributed by atoms with van der Waals surface area (Å²) in [6.45, 7) is 9.95. The van der Waals surface area contributed by atoms with Crippen LogP contribution in [0.1, 0.15) is 31.2 Å². The molecule has 0 spiro atoms. The molecule has 0 fully saturated rings. The number of nitrogens with zero attached hydrogens (tertiary/aromatic N) is 2. The lowest BCUT2D eigenvalue weighted by Crippen LogP contribution is -2.39. The van der Waals surface area contributed by atoms with Crippen LogP contribution in [0.15, 0.2) is 11.1 Å². The zero-order valence-electron chi connectivity index (χ0n) is 13.1. The largest absolute Gasteiger partial charge is 0.352 e. The average Bonchev–Trinajstić information content (AvgIpc) is 2.69. The molecule has 2 aromatic rings. The Labute approximate surface area is 128 Å². The van der Waals surface area contributed by atoms with Crippen LogP contribution in [0.3, 0.4) is 0 Å². The first-order valence-electron chi connectivity index (χ1n) is 7.05. The molecule has 2 aromatic heterocycles. The van der Waals surface area contributed by atoms with Crippen molar-refractivity contribution in [3.05, 3.63) is 27.1 Å². The molecule has 0 bridgehead atoms. The van der Waals surface area contributed by atoms with Gasteiger partial charge >= 0.3 is 0 Å². The van der Waals surface area contributed by atoms with Gasteiger partial charge in [-0.3, -0.25) is 14.2 Å². The molecule has 0 saturated carbocycles. The molecule has 0 aliphatic rings. The highest BCUT2D eigenvalue weighted by Crippen LogP contribution is 2.25. The first-order valence-corrected chi connectivity index (χ1v) is 7.87. The molecule has 1 N–H and O–H groups in total. The minimum atomic E-state index is -0.163. The number of carbonyl (C=O) groups is 1. The summed E-state index contributed by atoms with van der Waals surface area (Å²) in [5.74, 6) is 0.192. The van der Waals surface area contributed by atoms with Crippen LogP contribution in [-0.4, -0.2) is 21.5 Å². The van der Waals surface area contributed by atoms with Crippen LogP contribution < -0.4 is 10.9 Å². The molecule has 1 amide bonds. The Balaban J connectivity index is 2.27. The van der Waals surface area contributed by atoms with E-state index >= 15 is 0 Å². The summed E-state index contributed by atoms with van der Waals surface area (Å²) in [5.41, 5.74) is 0.812. The number of aromatic nitrogens is 2. The lowest BCUT2D eigenvalue weighted by molar-refractivity contribution is -0.122. The number of amides is 1. The number of nitrogens with one attached hydrogen (secondary N) is 1. The van der Waals surface area contributed by atoms with Crippen molar-refractivity contribution in [3.63, 3.8) is 0 Å². The minimum absolute atomic E-state index is 0.00711. The van der Waals surface area contributed by atoms with E-state index in [-0.39, 0.29) is 24.1 Å². The molecule has 1 unspecified atom stereocenters. The zero-order valence-corrected chi connectivity index (χ0v) is 13.9. The molecule has 2 heterocycles. The second-order valence-electron chi connectivity index (χ2n) is 5.74. The standard InChI is InChI=1S/C15H21N3O2S/c1-8(2)10(4)17-12(19)6-18-7-16-14-13(15(18)20)9(3)11(5)21-14/h7-8,10H,6H2,1-5H3,(H,17,19). The second-order valence-corrected chi connectivity index (χ2v) is 6.94. The number of aryl methyl sites for hydroxylation is 2. The van der Waals surface area contributed by atoms with Gasteiger partial charge in [0.15, 0.2) is 0 Å². The van der Waals surface area contributed by atoms with E-state index in [0.717, 1.165) is 15.3 Å². The van der Waals surface area contributed by atoms with E-state index in [1.807, 2.05) is 34.6 Å². The van der Waals surface area contributed by atoms with E-state index in [2.05, 4.69) is 10.3 Å². The van der Waals surface area contributed by atoms with Gasteiger partial charge in [-0.25, -0.2) is 4.98 Å². The predicted molar refractivity (Wildman–Crippen MR) is 85.8 cm³/mol. The quantitative estimate of drug-likeness (QED) is 0.942. The van der Waals surface area contributed by atoms with Crippen LogP contribution in [0.2, 0.25) is 0 Å². The number of carbonyl (C=O) groups excluding carboxylic acids is 1. The van der Waals surface area contributed by atoms with Crippen LogP contribution in [0.4, 0.5) is 0 Å². The predicted octanol–water partition coefficient (Wildman–Crippen LogP) is 2.24. The Morgan fingerprint density at radius 3 is 2.67 bits per heavy atom. The maximum atomic E-state index is 12.5. The Morgan fingerprint density at radius 1 is 1.38 bits per heavy atom. The van der Waals surface area contributed by atoms with E-state index < -0.39 is 0 Å². The van der Waals surface area contributed by atoms with Crippen molar-refractivity contribution in [1.82, 2.24) is 14.9 Å². The van der Waals surface area contributed by atoms with Crippen LogP contribution in [-0.2, 0) is 11.3 Å². The van der Waals surface area contributed by atoms with Gasteiger partial charge in [-0.15, -0.1) is 11.3 Å². The van der Waals surface area contributed by atoms with Gasteiger partial charge in [-0.2, -0.15) is 0 Å². The summed E-state index contributed by atoms with van der Waals surface area (Å²) in [4.78, 5) is 30.6. The van der Waals surface area contributed by atoms with Crippen molar-refractivity contribution in [2.75, 3.05) is 0 Å². The third kappa shape index (κ3) is 3.15. The van der Waals surface area contributed by atoms with E-state index in [1.165, 1.54) is 22.2 Å². The summed E-state index contributed by atoms with van der Waals surface area (Å²) in [6.07, 6.45) is 1.46. The van der Waals surface area contributed by atoms with Crippen molar-refractivity contribution in [1.29, 1.82) is 0 Å². The lowest BCUT2D eigenvalue weighted by Gasteiger charge is -2.17. The molecule has 6 heteroatoms. The summed E-state index contributed by atoms with van der Waals surface area (Å²) in [7, 11) is 0. The van der Waals surface area contributed by atoms with Crippen LogP contribution >= 0.6 is 11.3 Å². The average molecular weight is 307 g/mol. The highest BCUT2D eigenvalue weighted by molar-refractivity contribution is 7.18. The third-order valence-electron chi connectivity index (χ3n) is 3.86. The van der Waals surface area contributed by atoms with Gasteiger partial charge in [0.25, 0.3) is 5.56 Å². The summed E-state index contributed by atoms with van der Waals surface area (Å²) < 4.78 is 1.38. The molecule has 0 radical (unpaired) electrons. The number of hydrogen-bond acceptors (Lipinski definition) is 4. The number of hydrogen-bond donors (Lipinski definition) is 1. The Hall–Kier alpha value is -1.69. The number of thiophene rings is 1. The smallest absolute Gasteiger partial charge is 0.262 e. The monoisotopic (exact) mass is 307 g/mol. The molecular formula is C15H21N3O2S. The molecule has 0 saturated heterocycles. The molecule has 1 atom stereocenters. The van der Waals surface area contributed by atoms with Crippen molar-refractivity contribution >= 4 is 27.5 Å². The maximum absolute atomic E-state index is 12.5. The zero-order chi connectivity index (χ0) is 15.7. The molecule has 0 aromatic carbocycles. The molecule has 0 aliphatic heterocycles. The topological polar surface area (TPSA) is 64.0 Å². The van der Waals surface area contributed by atoms with E-state index in [1.54, 1.807) is 0 Å². The van der Waals surface area contributed by atoms with Gasteiger partial charge < -0.3 is 5.32 Å². The van der Waals surface area contributed by atoms with E-state index in [0.29, 0.717) is 11.3 Å². The Kier molecular flexibility index (Phi) is 4.46. The summed E-state index contributed by atoms with van der Waals surface area (Å²) in [5, 5.41) is 3.53. The summed E-state index contributed by atoms with van der Waals surface area (Å²) in [6, 6.07) is 0.0787. The SMILES string of the molecule is Cc1sc2ncn(CC(=O)NC(C)C(C)C)c(=O)c2c1C. The first kappa shape index (κ1) is 15.7. The van der Waals surface area contributed by atoms with Gasteiger partial charge in [0.2, 0.25) is 5.91 Å². The summed E-state index contributed by atoms with van der Waals surface area (Å²) >= 11 is 1.51. The molecular weight excluding hydrogens is 286 g/mol. The highest BCUT2D eigenvalue weighted by atomic mass is 32.1. The molecule has 0 aliphatic carbocycles. The van der Waals surface area contributed by atoms with Gasteiger partial charge in [-0.1, -0.05) is 13.8 Å². The van der Waals surface area contributed by atoms with Crippen LogP contribution in [0.5, 0.6) is 0 Å². The second kappa shape index (κ2) is 5.97. The van der Waals surface area contributed by atoms with Gasteiger partial charge in [0.1, 0.15) is 11.4 Å². The van der Waals surface area contributed by atoms with Crippen LogP contribution in [0, 0.1) is 19.8 Å². The van der Waals surface area contributed by atoms with Crippen molar-refractivity contribution in [2.24, 2.45) is 5.92 Å². The fourth-order valence-electron chi connectivity index (χ4n) is 2.00. The number of rotatable bonds is 4. The Morgan fingerprint density at radius 2 is 2.05 bits per heavy atom. The lowest BCUT2D eigenvalue weighted by atomic mass is 10.1. The maximum Gasteiger partial charge on any atom is 0.262 e. The molecule has 114 valence electrons. The van der Waals surface area contributed by atoms with Gasteiger partial charge in [0.05, 0.1) is 11.7 Å². The van der Waals surface area contributed by atoms with Crippen molar-refractivity contribution < 1.29 is 4.79 Å². The van der Waals surface area contributed by atoms with E-state index in [9.17, 15) is 9.59 Å². The number of fused-ring (bicyclic) bond motifs is 1. The molecule has 5 nitrogen and oxygen atoms in total. The van der Waals surface area contributed by atoms with Crippen LogP contribution in [0.25, 0.3) is 10.2 Å². The van der Waals surface area contributed by atoms with Crippen molar-refractivity contribution in [2.45, 2.75) is 47.2 Å².